The number of H-pyrrole nitrogens is 1. The molecule has 0 saturated heterocycles. The number of nitrogens with zero attached hydrogens (tertiary/aromatic N) is 1. The number of aliphatic hydroxyl groups excluding tert-OH is 1. The van der Waals surface area contributed by atoms with Crippen LogP contribution in [-0.4, -0.2) is 16.2 Å². The van der Waals surface area contributed by atoms with E-state index in [4.69, 9.17) is 5.26 Å². The quantitative estimate of drug-likeness (QED) is 0.795. The molecule has 0 bridgehead atoms. The van der Waals surface area contributed by atoms with Crippen molar-refractivity contribution in [2.75, 3.05) is 0 Å². The molecule has 76 valence electrons. The molecule has 1 atom stereocenters. The summed E-state index contributed by atoms with van der Waals surface area (Å²) >= 11 is 0. The normalized spacial score (nSPS) is 12.5. The van der Waals surface area contributed by atoms with Crippen molar-refractivity contribution in [3.8, 4) is 6.07 Å². The van der Waals surface area contributed by atoms with Crippen molar-refractivity contribution in [2.45, 2.75) is 18.9 Å². The maximum Gasteiger partial charge on any atom is 0.0711 e. The molecule has 0 aliphatic carbocycles. The molecule has 1 aromatic heterocycles. The summed E-state index contributed by atoms with van der Waals surface area (Å²) in [7, 11) is 0. The van der Waals surface area contributed by atoms with E-state index in [1.54, 1.807) is 0 Å². The molecule has 15 heavy (non-hydrogen) atoms. The lowest BCUT2D eigenvalue weighted by molar-refractivity contribution is 0.180. The Kier molecular flexibility index (Phi) is 2.70. The van der Waals surface area contributed by atoms with Gasteiger partial charge in [0.2, 0.25) is 0 Å². The summed E-state index contributed by atoms with van der Waals surface area (Å²) in [6.45, 7) is 0. The van der Waals surface area contributed by atoms with Gasteiger partial charge in [0.25, 0.3) is 0 Å². The minimum Gasteiger partial charge on any atom is -0.392 e. The van der Waals surface area contributed by atoms with Gasteiger partial charge in [-0.2, -0.15) is 5.26 Å². The van der Waals surface area contributed by atoms with Crippen LogP contribution >= 0.6 is 0 Å². The van der Waals surface area contributed by atoms with E-state index in [0.717, 1.165) is 16.5 Å². The van der Waals surface area contributed by atoms with Gasteiger partial charge in [0.15, 0.2) is 0 Å². The van der Waals surface area contributed by atoms with Crippen molar-refractivity contribution in [3.05, 3.63) is 36.0 Å². The molecular formula is C12H12N2O. The number of benzene rings is 1. The number of aromatic amines is 1. The number of hydrogen-bond acceptors (Lipinski definition) is 2. The Morgan fingerprint density at radius 1 is 1.40 bits per heavy atom. The number of fused-ring (bicyclic) bond motifs is 1. The minimum atomic E-state index is -0.575. The average molecular weight is 200 g/mol. The van der Waals surface area contributed by atoms with Gasteiger partial charge in [-0.05, 0) is 11.6 Å². The number of rotatable bonds is 3. The molecule has 0 saturated carbocycles. The van der Waals surface area contributed by atoms with Gasteiger partial charge < -0.3 is 10.1 Å². The first kappa shape index (κ1) is 9.75. The lowest BCUT2D eigenvalue weighted by Gasteiger charge is -2.04. The molecule has 0 amide bonds. The summed E-state index contributed by atoms with van der Waals surface area (Å²) < 4.78 is 0. The van der Waals surface area contributed by atoms with E-state index in [1.807, 2.05) is 36.5 Å². The van der Waals surface area contributed by atoms with Gasteiger partial charge in [0.05, 0.1) is 18.6 Å². The second kappa shape index (κ2) is 4.16. The lowest BCUT2D eigenvalue weighted by Crippen LogP contribution is -2.08. The van der Waals surface area contributed by atoms with Gasteiger partial charge in [-0.25, -0.2) is 0 Å². The summed E-state index contributed by atoms with van der Waals surface area (Å²) in [6, 6.07) is 9.91. The Labute approximate surface area is 88.0 Å². The van der Waals surface area contributed by atoms with Crippen LogP contribution in [0.4, 0.5) is 0 Å². The fourth-order valence-electron chi connectivity index (χ4n) is 1.73. The minimum absolute atomic E-state index is 0.180. The summed E-state index contributed by atoms with van der Waals surface area (Å²) in [6.07, 6.45) is 2.02. The van der Waals surface area contributed by atoms with Crippen LogP contribution in [0.1, 0.15) is 12.0 Å². The van der Waals surface area contributed by atoms with Crippen LogP contribution in [0.2, 0.25) is 0 Å². The van der Waals surface area contributed by atoms with Gasteiger partial charge in [0, 0.05) is 23.5 Å². The molecule has 2 rings (SSSR count). The van der Waals surface area contributed by atoms with Gasteiger partial charge in [-0.3, -0.25) is 0 Å². The van der Waals surface area contributed by atoms with Crippen LogP contribution in [0.5, 0.6) is 0 Å². The largest absolute Gasteiger partial charge is 0.392 e. The molecule has 1 unspecified atom stereocenters. The number of aliphatic hydroxyl groups is 1. The van der Waals surface area contributed by atoms with E-state index < -0.39 is 6.10 Å². The topological polar surface area (TPSA) is 59.8 Å². The Morgan fingerprint density at radius 2 is 2.20 bits per heavy atom. The van der Waals surface area contributed by atoms with E-state index in [-0.39, 0.29) is 6.42 Å². The summed E-state index contributed by atoms with van der Waals surface area (Å²) in [5.41, 5.74) is 2.13. The Morgan fingerprint density at radius 3 is 3.00 bits per heavy atom. The molecule has 1 aromatic carbocycles. The first-order valence-corrected chi connectivity index (χ1v) is 4.91. The van der Waals surface area contributed by atoms with Crippen molar-refractivity contribution in [1.82, 2.24) is 4.98 Å². The van der Waals surface area contributed by atoms with Crippen LogP contribution in [0.25, 0.3) is 10.9 Å². The van der Waals surface area contributed by atoms with Gasteiger partial charge >= 0.3 is 0 Å². The summed E-state index contributed by atoms with van der Waals surface area (Å²) in [5.74, 6) is 0. The predicted molar refractivity (Wildman–Crippen MR) is 58.2 cm³/mol. The molecule has 0 fully saturated rings. The highest BCUT2D eigenvalue weighted by atomic mass is 16.3. The zero-order valence-corrected chi connectivity index (χ0v) is 8.27. The zero-order valence-electron chi connectivity index (χ0n) is 8.27. The monoisotopic (exact) mass is 200 g/mol. The maximum absolute atomic E-state index is 9.54. The first-order valence-electron chi connectivity index (χ1n) is 4.91. The second-order valence-corrected chi connectivity index (χ2v) is 3.58. The zero-order chi connectivity index (χ0) is 10.7. The van der Waals surface area contributed by atoms with Crippen molar-refractivity contribution in [1.29, 1.82) is 5.26 Å². The Balaban J connectivity index is 2.25. The Bertz CT molecular complexity index is 496. The van der Waals surface area contributed by atoms with E-state index in [9.17, 15) is 5.11 Å². The standard InChI is InChI=1S/C12H12N2O/c13-6-5-10(15)7-9-8-14-12-4-2-1-3-11(9)12/h1-4,8,10,14-15H,5,7H2. The molecule has 0 aliphatic heterocycles. The number of para-hydroxylation sites is 1. The fourth-order valence-corrected chi connectivity index (χ4v) is 1.73. The molecule has 0 spiro atoms. The van der Waals surface area contributed by atoms with Gasteiger partial charge in [-0.1, -0.05) is 18.2 Å². The predicted octanol–water partition coefficient (Wildman–Crippen LogP) is 1.98. The molecule has 2 N–H and O–H groups in total. The van der Waals surface area contributed by atoms with Crippen molar-refractivity contribution in [2.24, 2.45) is 0 Å². The fraction of sp³-hybridized carbons (Fsp3) is 0.250. The third kappa shape index (κ3) is 2.00. The van der Waals surface area contributed by atoms with Crippen molar-refractivity contribution >= 4 is 10.9 Å². The third-order valence-electron chi connectivity index (χ3n) is 2.46. The van der Waals surface area contributed by atoms with E-state index in [0.29, 0.717) is 6.42 Å². The molecule has 3 nitrogen and oxygen atoms in total. The smallest absolute Gasteiger partial charge is 0.0711 e. The SMILES string of the molecule is N#CCC(O)Cc1c[nH]c2ccccc12. The van der Waals surface area contributed by atoms with E-state index >= 15 is 0 Å². The van der Waals surface area contributed by atoms with Gasteiger partial charge in [-0.15, -0.1) is 0 Å². The van der Waals surface area contributed by atoms with Crippen LogP contribution < -0.4 is 0 Å². The number of hydrogen-bond donors (Lipinski definition) is 2. The first-order chi connectivity index (χ1) is 7.31. The third-order valence-corrected chi connectivity index (χ3v) is 2.46. The average Bonchev–Trinajstić information content (AvgIpc) is 2.62. The molecule has 0 aliphatic rings. The van der Waals surface area contributed by atoms with Crippen LogP contribution in [0, 0.1) is 11.3 Å². The van der Waals surface area contributed by atoms with Gasteiger partial charge in [0.1, 0.15) is 0 Å². The highest BCUT2D eigenvalue weighted by Gasteiger charge is 2.08. The van der Waals surface area contributed by atoms with E-state index in [1.165, 1.54) is 0 Å². The molecule has 2 aromatic rings. The number of nitrogens with one attached hydrogen (secondary N) is 1. The highest BCUT2D eigenvalue weighted by Crippen LogP contribution is 2.19. The lowest BCUT2D eigenvalue weighted by atomic mass is 10.1. The maximum atomic E-state index is 9.54. The van der Waals surface area contributed by atoms with E-state index in [2.05, 4.69) is 4.98 Å². The summed E-state index contributed by atoms with van der Waals surface area (Å²) in [4.78, 5) is 3.14. The summed E-state index contributed by atoms with van der Waals surface area (Å²) in [5, 5.41) is 19.1. The molecular weight excluding hydrogens is 188 g/mol. The van der Waals surface area contributed by atoms with Crippen LogP contribution in [0.15, 0.2) is 30.5 Å². The highest BCUT2D eigenvalue weighted by molar-refractivity contribution is 5.83. The number of aromatic nitrogens is 1. The van der Waals surface area contributed by atoms with Crippen LogP contribution in [-0.2, 0) is 6.42 Å². The second-order valence-electron chi connectivity index (χ2n) is 3.58. The van der Waals surface area contributed by atoms with Crippen molar-refractivity contribution < 1.29 is 5.11 Å². The molecule has 0 radical (unpaired) electrons. The molecule has 1 heterocycles. The molecule has 3 heteroatoms. The van der Waals surface area contributed by atoms with Crippen LogP contribution in [0.3, 0.4) is 0 Å². The van der Waals surface area contributed by atoms with Crippen molar-refractivity contribution in [3.63, 3.8) is 0 Å². The Hall–Kier alpha value is -1.79. The number of nitriles is 1.